The Hall–Kier alpha value is -1.29. The van der Waals surface area contributed by atoms with Gasteiger partial charge in [-0.25, -0.2) is 0 Å². The van der Waals surface area contributed by atoms with Crippen LogP contribution in [-0.2, 0) is 17.7 Å². The van der Waals surface area contributed by atoms with Gasteiger partial charge in [-0.2, -0.15) is 5.10 Å². The first-order chi connectivity index (χ1) is 8.24. The number of aryl methyl sites for hydroxylation is 1. The van der Waals surface area contributed by atoms with E-state index in [0.29, 0.717) is 6.61 Å². The van der Waals surface area contributed by atoms with Crippen LogP contribution in [0.25, 0.3) is 6.08 Å². The second-order valence-electron chi connectivity index (χ2n) is 3.22. The summed E-state index contributed by atoms with van der Waals surface area (Å²) in [6, 6.07) is 0. The normalized spacial score (nSPS) is 9.65. The molecule has 0 saturated heterocycles. The molecular weight excluding hydrogens is 214 g/mol. The summed E-state index contributed by atoms with van der Waals surface area (Å²) in [6.45, 7) is 13.9. The Kier molecular flexibility index (Phi) is 8.15. The van der Waals surface area contributed by atoms with Crippen LogP contribution >= 0.6 is 0 Å². The zero-order chi connectivity index (χ0) is 13.3. The highest BCUT2D eigenvalue weighted by Crippen LogP contribution is 2.18. The van der Waals surface area contributed by atoms with Gasteiger partial charge in [-0.1, -0.05) is 27.4 Å². The molecule has 0 spiro atoms. The van der Waals surface area contributed by atoms with E-state index in [1.165, 1.54) is 0 Å². The molecule has 0 radical (unpaired) electrons. The van der Waals surface area contributed by atoms with Crippen LogP contribution in [0.5, 0.6) is 0 Å². The van der Waals surface area contributed by atoms with Crippen LogP contribution < -0.4 is 5.73 Å². The molecule has 1 rings (SSSR count). The topological polar surface area (TPSA) is 53.1 Å². The lowest BCUT2D eigenvalue weighted by Crippen LogP contribution is -2.09. The molecule has 17 heavy (non-hydrogen) atoms. The molecule has 0 aliphatic carbocycles. The predicted molar refractivity (Wildman–Crippen MR) is 73.9 cm³/mol. The molecular formula is C13H25N3O. The third-order valence-corrected chi connectivity index (χ3v) is 2.29. The summed E-state index contributed by atoms with van der Waals surface area (Å²) in [5.74, 6) is 0. The van der Waals surface area contributed by atoms with Gasteiger partial charge in [0.25, 0.3) is 0 Å². The molecule has 2 N–H and O–H groups in total. The number of hydrogen-bond acceptors (Lipinski definition) is 3. The summed E-state index contributed by atoms with van der Waals surface area (Å²) < 4.78 is 7.14. The second-order valence-corrected chi connectivity index (χ2v) is 3.22. The van der Waals surface area contributed by atoms with E-state index in [0.717, 1.165) is 36.6 Å². The lowest BCUT2D eigenvalue weighted by molar-refractivity contribution is 0.136. The predicted octanol–water partition coefficient (Wildman–Crippen LogP) is 2.73. The Labute approximate surface area is 104 Å². The van der Waals surface area contributed by atoms with E-state index in [4.69, 9.17) is 10.5 Å². The van der Waals surface area contributed by atoms with Crippen molar-refractivity contribution in [3.63, 3.8) is 0 Å². The lowest BCUT2D eigenvalue weighted by atomic mass is 10.2. The summed E-state index contributed by atoms with van der Waals surface area (Å²) in [7, 11) is 0. The standard InChI is InChI=1S/C11H19N3O.C2H6/c1-4-9-11(12)10(5-2)14(13-9)7-8-15-6-3;1-2/h5H,2,4,6-8,12H2,1,3H3;1-2H3. The van der Waals surface area contributed by atoms with Crippen LogP contribution in [0.1, 0.15) is 39.1 Å². The molecule has 4 heteroatoms. The first-order valence-corrected chi connectivity index (χ1v) is 6.29. The van der Waals surface area contributed by atoms with Crippen LogP contribution in [0, 0.1) is 0 Å². The van der Waals surface area contributed by atoms with E-state index in [1.54, 1.807) is 6.08 Å². The molecule has 0 amide bonds. The summed E-state index contributed by atoms with van der Waals surface area (Å²) in [5.41, 5.74) is 8.50. The van der Waals surface area contributed by atoms with E-state index in [1.807, 2.05) is 32.4 Å². The number of ether oxygens (including phenoxy) is 1. The molecule has 98 valence electrons. The van der Waals surface area contributed by atoms with Crippen molar-refractivity contribution in [2.75, 3.05) is 18.9 Å². The summed E-state index contributed by atoms with van der Waals surface area (Å²) in [6.07, 6.45) is 2.59. The minimum absolute atomic E-state index is 0.654. The van der Waals surface area contributed by atoms with Crippen LogP contribution in [0.3, 0.4) is 0 Å². The second kappa shape index (κ2) is 8.82. The Morgan fingerprint density at radius 3 is 2.53 bits per heavy atom. The average molecular weight is 239 g/mol. The van der Waals surface area contributed by atoms with Crippen molar-refractivity contribution in [1.82, 2.24) is 9.78 Å². The fraction of sp³-hybridized carbons (Fsp3) is 0.615. The van der Waals surface area contributed by atoms with Crippen molar-refractivity contribution < 1.29 is 4.74 Å². The number of aromatic nitrogens is 2. The van der Waals surface area contributed by atoms with Crippen LogP contribution in [-0.4, -0.2) is 23.0 Å². The molecule has 1 heterocycles. The van der Waals surface area contributed by atoms with Crippen molar-refractivity contribution in [2.24, 2.45) is 0 Å². The van der Waals surface area contributed by atoms with Gasteiger partial charge in [-0.05, 0) is 19.4 Å². The molecule has 0 aromatic carbocycles. The third-order valence-electron chi connectivity index (χ3n) is 2.29. The number of nitrogens with zero attached hydrogens (tertiary/aromatic N) is 2. The van der Waals surface area contributed by atoms with E-state index >= 15 is 0 Å². The lowest BCUT2D eigenvalue weighted by Gasteiger charge is -2.04. The number of hydrogen-bond donors (Lipinski definition) is 1. The molecule has 0 atom stereocenters. The molecule has 1 aromatic rings. The highest BCUT2D eigenvalue weighted by molar-refractivity contribution is 5.62. The Morgan fingerprint density at radius 2 is 2.06 bits per heavy atom. The van der Waals surface area contributed by atoms with Crippen LogP contribution in [0.2, 0.25) is 0 Å². The summed E-state index contributed by atoms with van der Waals surface area (Å²) in [5, 5.41) is 4.41. The Morgan fingerprint density at radius 1 is 1.41 bits per heavy atom. The summed E-state index contributed by atoms with van der Waals surface area (Å²) >= 11 is 0. The highest BCUT2D eigenvalue weighted by atomic mass is 16.5. The first-order valence-electron chi connectivity index (χ1n) is 6.29. The van der Waals surface area contributed by atoms with Gasteiger partial charge in [0.2, 0.25) is 0 Å². The maximum atomic E-state index is 5.93. The number of rotatable bonds is 6. The minimum atomic E-state index is 0.654. The van der Waals surface area contributed by atoms with E-state index in [9.17, 15) is 0 Å². The van der Waals surface area contributed by atoms with Crippen molar-refractivity contribution in [2.45, 2.75) is 40.7 Å². The van der Waals surface area contributed by atoms with Gasteiger partial charge >= 0.3 is 0 Å². The quantitative estimate of drug-likeness (QED) is 0.777. The zero-order valence-corrected chi connectivity index (χ0v) is 11.5. The maximum Gasteiger partial charge on any atom is 0.0857 e. The van der Waals surface area contributed by atoms with Gasteiger partial charge in [0.05, 0.1) is 30.2 Å². The zero-order valence-electron chi connectivity index (χ0n) is 11.5. The van der Waals surface area contributed by atoms with Gasteiger partial charge in [0.15, 0.2) is 0 Å². The van der Waals surface area contributed by atoms with Crippen molar-refractivity contribution >= 4 is 11.8 Å². The van der Waals surface area contributed by atoms with Gasteiger partial charge in [0, 0.05) is 6.61 Å². The van der Waals surface area contributed by atoms with E-state index in [-0.39, 0.29) is 0 Å². The smallest absolute Gasteiger partial charge is 0.0857 e. The van der Waals surface area contributed by atoms with Crippen LogP contribution in [0.15, 0.2) is 6.58 Å². The Bertz CT molecular complexity index is 332. The molecule has 4 nitrogen and oxygen atoms in total. The number of nitrogen functional groups attached to an aromatic ring is 1. The average Bonchev–Trinajstić information content (AvgIpc) is 2.68. The monoisotopic (exact) mass is 239 g/mol. The largest absolute Gasteiger partial charge is 0.395 e. The molecule has 0 aliphatic heterocycles. The fourth-order valence-corrected chi connectivity index (χ4v) is 1.48. The maximum absolute atomic E-state index is 5.93. The van der Waals surface area contributed by atoms with Gasteiger partial charge in [0.1, 0.15) is 0 Å². The van der Waals surface area contributed by atoms with Crippen LogP contribution in [0.4, 0.5) is 5.69 Å². The SMILES string of the molecule is C=Cc1c(N)c(CC)nn1CCOCC.CC. The minimum Gasteiger partial charge on any atom is -0.395 e. The van der Waals surface area contributed by atoms with Crippen molar-refractivity contribution in [3.05, 3.63) is 18.0 Å². The number of anilines is 1. The first kappa shape index (κ1) is 15.7. The molecule has 0 fully saturated rings. The highest BCUT2D eigenvalue weighted by Gasteiger charge is 2.10. The fourth-order valence-electron chi connectivity index (χ4n) is 1.48. The molecule has 0 aliphatic rings. The molecule has 0 bridgehead atoms. The molecule has 0 saturated carbocycles. The number of nitrogens with two attached hydrogens (primary N) is 1. The van der Waals surface area contributed by atoms with Gasteiger partial charge < -0.3 is 10.5 Å². The summed E-state index contributed by atoms with van der Waals surface area (Å²) in [4.78, 5) is 0. The third kappa shape index (κ3) is 4.23. The van der Waals surface area contributed by atoms with E-state index in [2.05, 4.69) is 11.7 Å². The van der Waals surface area contributed by atoms with Crippen molar-refractivity contribution in [3.8, 4) is 0 Å². The molecule has 0 unspecified atom stereocenters. The van der Waals surface area contributed by atoms with E-state index < -0.39 is 0 Å². The molecule has 1 aromatic heterocycles. The van der Waals surface area contributed by atoms with Crippen molar-refractivity contribution in [1.29, 1.82) is 0 Å². The van der Waals surface area contributed by atoms with Gasteiger partial charge in [-0.15, -0.1) is 0 Å². The Balaban J connectivity index is 0.00000121. The van der Waals surface area contributed by atoms with Gasteiger partial charge in [-0.3, -0.25) is 4.68 Å².